The number of amides is 1. The Bertz CT molecular complexity index is 918. The fraction of sp³-hybridized carbons (Fsp3) is 0.0556. The number of carbonyl (C=O) groups is 2. The Morgan fingerprint density at radius 1 is 1.08 bits per heavy atom. The Kier molecular flexibility index (Phi) is 4.47. The Balaban J connectivity index is 1.83. The van der Waals surface area contributed by atoms with Crippen molar-refractivity contribution >= 4 is 11.9 Å². The van der Waals surface area contributed by atoms with Crippen LogP contribution in [0, 0.1) is 0 Å². The topological polar surface area (TPSA) is 113 Å². The number of carboxylic acid groups (broad SMARTS) is 1. The summed E-state index contributed by atoms with van der Waals surface area (Å²) in [5, 5.41) is 20.7. The van der Waals surface area contributed by atoms with Crippen LogP contribution in [0.15, 0.2) is 59.3 Å². The zero-order valence-corrected chi connectivity index (χ0v) is 13.0. The lowest BCUT2D eigenvalue weighted by atomic mass is 10.1. The SMILES string of the molecule is O=C(O)CNC(=O)c1ncc(-c2cc(-c3ccccc3)co2)cc1O. The number of nitrogens with one attached hydrogen (secondary N) is 1. The molecule has 3 rings (SSSR count). The van der Waals surface area contributed by atoms with Crippen molar-refractivity contribution in [3.05, 3.63) is 60.6 Å². The van der Waals surface area contributed by atoms with Gasteiger partial charge in [-0.1, -0.05) is 30.3 Å². The average Bonchev–Trinajstić information content (AvgIpc) is 3.10. The molecular weight excluding hydrogens is 324 g/mol. The van der Waals surface area contributed by atoms with Crippen LogP contribution in [0.5, 0.6) is 5.75 Å². The van der Waals surface area contributed by atoms with E-state index in [4.69, 9.17) is 9.52 Å². The van der Waals surface area contributed by atoms with Gasteiger partial charge in [-0.05, 0) is 17.7 Å². The van der Waals surface area contributed by atoms with Crippen LogP contribution in [0.4, 0.5) is 0 Å². The zero-order chi connectivity index (χ0) is 17.8. The fourth-order valence-corrected chi connectivity index (χ4v) is 2.27. The predicted molar refractivity (Wildman–Crippen MR) is 89.0 cm³/mol. The van der Waals surface area contributed by atoms with Crippen molar-refractivity contribution < 1.29 is 24.2 Å². The summed E-state index contributed by atoms with van der Waals surface area (Å²) in [6.45, 7) is -0.555. The van der Waals surface area contributed by atoms with Gasteiger partial charge in [0.25, 0.3) is 5.91 Å². The molecule has 2 heterocycles. The summed E-state index contributed by atoms with van der Waals surface area (Å²) >= 11 is 0. The Morgan fingerprint density at radius 2 is 1.84 bits per heavy atom. The van der Waals surface area contributed by atoms with Crippen molar-refractivity contribution in [2.75, 3.05) is 6.54 Å². The van der Waals surface area contributed by atoms with Gasteiger partial charge in [0.15, 0.2) is 5.69 Å². The van der Waals surface area contributed by atoms with Crippen molar-refractivity contribution in [2.45, 2.75) is 0 Å². The van der Waals surface area contributed by atoms with Gasteiger partial charge in [0.1, 0.15) is 18.1 Å². The van der Waals surface area contributed by atoms with Crippen molar-refractivity contribution in [2.24, 2.45) is 0 Å². The summed E-state index contributed by atoms with van der Waals surface area (Å²) in [6, 6.07) is 12.8. The Morgan fingerprint density at radius 3 is 2.52 bits per heavy atom. The number of benzene rings is 1. The third-order valence-electron chi connectivity index (χ3n) is 3.47. The van der Waals surface area contributed by atoms with Crippen LogP contribution in [-0.4, -0.2) is 33.6 Å². The van der Waals surface area contributed by atoms with Crippen molar-refractivity contribution in [3.8, 4) is 28.2 Å². The number of carboxylic acids is 1. The van der Waals surface area contributed by atoms with Crippen molar-refractivity contribution in [3.63, 3.8) is 0 Å². The highest BCUT2D eigenvalue weighted by Crippen LogP contribution is 2.30. The molecule has 3 N–H and O–H groups in total. The predicted octanol–water partition coefficient (Wildman–Crippen LogP) is 2.53. The average molecular weight is 338 g/mol. The molecule has 0 fully saturated rings. The summed E-state index contributed by atoms with van der Waals surface area (Å²) in [6.07, 6.45) is 2.97. The number of pyridine rings is 1. The molecule has 0 bridgehead atoms. The first kappa shape index (κ1) is 16.3. The molecule has 0 saturated heterocycles. The molecule has 7 nitrogen and oxygen atoms in total. The molecule has 0 aliphatic rings. The number of carbonyl (C=O) groups excluding carboxylic acids is 1. The molecule has 3 aromatic rings. The smallest absolute Gasteiger partial charge is 0.322 e. The number of aromatic hydroxyl groups is 1. The molecule has 126 valence electrons. The monoisotopic (exact) mass is 338 g/mol. The van der Waals surface area contributed by atoms with Crippen molar-refractivity contribution in [1.82, 2.24) is 10.3 Å². The molecule has 1 aromatic carbocycles. The van der Waals surface area contributed by atoms with Crippen LogP contribution in [0.1, 0.15) is 10.5 Å². The van der Waals surface area contributed by atoms with E-state index in [1.807, 2.05) is 30.3 Å². The van der Waals surface area contributed by atoms with Gasteiger partial charge in [-0.25, -0.2) is 4.98 Å². The third-order valence-corrected chi connectivity index (χ3v) is 3.47. The van der Waals surface area contributed by atoms with Gasteiger partial charge in [0.2, 0.25) is 0 Å². The van der Waals surface area contributed by atoms with E-state index < -0.39 is 18.4 Å². The number of aliphatic carboxylic acids is 1. The minimum Gasteiger partial charge on any atom is -0.505 e. The summed E-state index contributed by atoms with van der Waals surface area (Å²) in [5.74, 6) is -1.83. The van der Waals surface area contributed by atoms with E-state index in [-0.39, 0.29) is 11.4 Å². The summed E-state index contributed by atoms with van der Waals surface area (Å²) in [5.41, 5.74) is 2.10. The molecule has 2 aromatic heterocycles. The van der Waals surface area contributed by atoms with Crippen LogP contribution >= 0.6 is 0 Å². The van der Waals surface area contributed by atoms with E-state index in [1.54, 1.807) is 12.3 Å². The normalized spacial score (nSPS) is 10.4. The van der Waals surface area contributed by atoms with E-state index in [1.165, 1.54) is 12.3 Å². The number of furan rings is 1. The second-order valence-corrected chi connectivity index (χ2v) is 5.23. The van der Waals surface area contributed by atoms with E-state index in [2.05, 4.69) is 10.3 Å². The molecule has 0 radical (unpaired) electrons. The number of aromatic nitrogens is 1. The molecule has 25 heavy (non-hydrogen) atoms. The molecule has 7 heteroatoms. The molecule has 0 unspecified atom stereocenters. The summed E-state index contributed by atoms with van der Waals surface area (Å²) in [4.78, 5) is 26.2. The number of hydrogen-bond donors (Lipinski definition) is 3. The van der Waals surface area contributed by atoms with Gasteiger partial charge in [-0.2, -0.15) is 0 Å². The van der Waals surface area contributed by atoms with Crippen LogP contribution in [0.2, 0.25) is 0 Å². The molecule has 0 aliphatic carbocycles. The lowest BCUT2D eigenvalue weighted by Gasteiger charge is -2.05. The largest absolute Gasteiger partial charge is 0.505 e. The highest BCUT2D eigenvalue weighted by Gasteiger charge is 2.16. The van der Waals surface area contributed by atoms with Crippen LogP contribution in [-0.2, 0) is 4.79 Å². The fourth-order valence-electron chi connectivity index (χ4n) is 2.27. The van der Waals surface area contributed by atoms with Crippen molar-refractivity contribution in [1.29, 1.82) is 0 Å². The standard InChI is InChI=1S/C18H14N2O5/c21-14-6-12(8-19-17(14)18(24)20-9-16(22)23)15-7-13(10-25-15)11-4-2-1-3-5-11/h1-8,10,21H,9H2,(H,20,24)(H,22,23). The van der Waals surface area contributed by atoms with Crippen LogP contribution < -0.4 is 5.32 Å². The summed E-state index contributed by atoms with van der Waals surface area (Å²) < 4.78 is 5.51. The maximum absolute atomic E-state index is 11.8. The van der Waals surface area contributed by atoms with Crippen LogP contribution in [0.3, 0.4) is 0 Å². The molecule has 0 saturated carbocycles. The number of hydrogen-bond acceptors (Lipinski definition) is 5. The maximum atomic E-state index is 11.8. The highest BCUT2D eigenvalue weighted by molar-refractivity contribution is 5.96. The molecule has 0 aliphatic heterocycles. The minimum atomic E-state index is -1.19. The lowest BCUT2D eigenvalue weighted by molar-refractivity contribution is -0.135. The Hall–Kier alpha value is -3.61. The summed E-state index contributed by atoms with van der Waals surface area (Å²) in [7, 11) is 0. The lowest BCUT2D eigenvalue weighted by Crippen LogP contribution is -2.29. The van der Waals surface area contributed by atoms with Gasteiger partial charge in [0, 0.05) is 17.3 Å². The first-order valence-corrected chi connectivity index (χ1v) is 7.38. The third kappa shape index (κ3) is 3.66. The number of rotatable bonds is 5. The second kappa shape index (κ2) is 6.88. The maximum Gasteiger partial charge on any atom is 0.322 e. The van der Waals surface area contributed by atoms with Gasteiger partial charge in [0.05, 0.1) is 6.26 Å². The van der Waals surface area contributed by atoms with Gasteiger partial charge >= 0.3 is 5.97 Å². The van der Waals surface area contributed by atoms with E-state index in [0.29, 0.717) is 11.3 Å². The van der Waals surface area contributed by atoms with Gasteiger partial charge < -0.3 is 19.9 Å². The molecule has 0 atom stereocenters. The van der Waals surface area contributed by atoms with E-state index >= 15 is 0 Å². The van der Waals surface area contributed by atoms with E-state index in [9.17, 15) is 14.7 Å². The first-order chi connectivity index (χ1) is 12.0. The number of nitrogens with zero attached hydrogens (tertiary/aromatic N) is 1. The van der Waals surface area contributed by atoms with E-state index in [0.717, 1.165) is 11.1 Å². The molecular formula is C18H14N2O5. The van der Waals surface area contributed by atoms with Gasteiger partial charge in [-0.15, -0.1) is 0 Å². The van der Waals surface area contributed by atoms with Crippen LogP contribution in [0.25, 0.3) is 22.5 Å². The Labute approximate surface area is 142 Å². The minimum absolute atomic E-state index is 0.250. The first-order valence-electron chi connectivity index (χ1n) is 7.38. The molecule has 0 spiro atoms. The second-order valence-electron chi connectivity index (χ2n) is 5.23. The van der Waals surface area contributed by atoms with Gasteiger partial charge in [-0.3, -0.25) is 9.59 Å². The zero-order valence-electron chi connectivity index (χ0n) is 13.0. The highest BCUT2D eigenvalue weighted by atomic mass is 16.4. The quantitative estimate of drug-likeness (QED) is 0.659. The molecule has 1 amide bonds.